The van der Waals surface area contributed by atoms with Crippen molar-refractivity contribution in [3.8, 4) is 0 Å². The number of fused-ring (bicyclic) bond motifs is 1. The van der Waals surface area contributed by atoms with Crippen LogP contribution < -0.4 is 5.73 Å². The molecule has 0 fully saturated rings. The number of carbonyl (C=O) groups is 1. The summed E-state index contributed by atoms with van der Waals surface area (Å²) in [6.07, 6.45) is 0.786. The van der Waals surface area contributed by atoms with Gasteiger partial charge in [0, 0.05) is 12.1 Å². The molecule has 1 aromatic heterocycles. The molecule has 2 unspecified atom stereocenters. The van der Waals surface area contributed by atoms with E-state index in [1.54, 1.807) is 6.92 Å². The number of esters is 1. The maximum absolute atomic E-state index is 12.0. The van der Waals surface area contributed by atoms with Gasteiger partial charge in [-0.15, -0.1) is 0 Å². The molecule has 2 atom stereocenters. The van der Waals surface area contributed by atoms with Crippen molar-refractivity contribution >= 4 is 24.6 Å². The van der Waals surface area contributed by atoms with Crippen molar-refractivity contribution in [2.45, 2.75) is 32.7 Å². The van der Waals surface area contributed by atoms with Crippen molar-refractivity contribution in [3.63, 3.8) is 0 Å². The Morgan fingerprint density at radius 1 is 1.28 bits per heavy atom. The lowest BCUT2D eigenvalue weighted by atomic mass is 9.98. The summed E-state index contributed by atoms with van der Waals surface area (Å²) < 4.78 is 16.4. The molecule has 0 aliphatic rings. The minimum absolute atomic E-state index is 0.122. The zero-order chi connectivity index (χ0) is 18.8. The lowest BCUT2D eigenvalue weighted by molar-refractivity contribution is -0.145. The first kappa shape index (κ1) is 19.5. The first-order valence-electron chi connectivity index (χ1n) is 7.83. The fraction of sp³-hybridized carbons (Fsp3) is 0.438. The van der Waals surface area contributed by atoms with Gasteiger partial charge in [0.05, 0.1) is 29.5 Å². The molecule has 0 aliphatic heterocycles. The summed E-state index contributed by atoms with van der Waals surface area (Å²) in [6.45, 7) is 5.64. The molecule has 8 nitrogen and oxygen atoms in total. The monoisotopic (exact) mass is 367 g/mol. The molecule has 136 valence electrons. The van der Waals surface area contributed by atoms with Crippen molar-refractivity contribution in [1.29, 1.82) is 0 Å². The van der Waals surface area contributed by atoms with Gasteiger partial charge < -0.3 is 20.3 Å². The van der Waals surface area contributed by atoms with Crippen LogP contribution in [-0.4, -0.2) is 44.5 Å². The third-order valence-corrected chi connectivity index (χ3v) is 4.85. The number of nitrogens with zero attached hydrogens (tertiary/aromatic N) is 2. The number of nitrogens with two attached hydrogens (primary N) is 1. The zero-order valence-electron chi connectivity index (χ0n) is 14.3. The molecule has 0 amide bonds. The van der Waals surface area contributed by atoms with Crippen LogP contribution in [0.25, 0.3) is 11.0 Å². The second kappa shape index (κ2) is 7.58. The average molecular weight is 367 g/mol. The van der Waals surface area contributed by atoms with E-state index < -0.39 is 31.7 Å². The van der Waals surface area contributed by atoms with Crippen LogP contribution in [0.2, 0.25) is 0 Å². The van der Waals surface area contributed by atoms with Gasteiger partial charge in [0.25, 0.3) is 0 Å². The predicted octanol–water partition coefficient (Wildman–Crippen LogP) is 1.40. The number of carbonyl (C=O) groups excluding carboxylic acids is 1. The van der Waals surface area contributed by atoms with Crippen LogP contribution in [0.4, 0.5) is 0 Å². The Morgan fingerprint density at radius 2 is 1.88 bits per heavy atom. The Bertz CT molecular complexity index is 836. The maximum Gasteiger partial charge on any atom is 0.326 e. The van der Waals surface area contributed by atoms with E-state index in [9.17, 15) is 19.1 Å². The molecule has 0 bridgehead atoms. The number of ether oxygens (including phenoxy) is 1. The van der Waals surface area contributed by atoms with Crippen LogP contribution in [0.3, 0.4) is 0 Å². The molecule has 0 spiro atoms. The molecule has 0 saturated carbocycles. The Kier molecular flexibility index (Phi) is 5.90. The molecule has 2 aromatic rings. The minimum atomic E-state index is -4.43. The maximum atomic E-state index is 12.0. The van der Waals surface area contributed by atoms with E-state index >= 15 is 0 Å². The van der Waals surface area contributed by atoms with Gasteiger partial charge in [0.2, 0.25) is 0 Å². The summed E-state index contributed by atoms with van der Waals surface area (Å²) in [4.78, 5) is 39.4. The van der Waals surface area contributed by atoms with Crippen LogP contribution in [0.15, 0.2) is 18.3 Å². The third kappa shape index (κ3) is 4.83. The second-order valence-corrected chi connectivity index (χ2v) is 7.65. The van der Waals surface area contributed by atoms with E-state index in [1.807, 2.05) is 26.0 Å². The van der Waals surface area contributed by atoms with Crippen molar-refractivity contribution in [2.75, 3.05) is 12.8 Å². The van der Waals surface area contributed by atoms with Gasteiger partial charge in [-0.1, -0.05) is 0 Å². The van der Waals surface area contributed by atoms with E-state index in [4.69, 9.17) is 10.5 Å². The Balaban J connectivity index is 2.49. The van der Waals surface area contributed by atoms with Gasteiger partial charge >= 0.3 is 13.6 Å². The number of aromatic nitrogens is 2. The molecule has 25 heavy (non-hydrogen) atoms. The Labute approximate surface area is 145 Å². The lowest BCUT2D eigenvalue weighted by Crippen LogP contribution is -2.40. The summed E-state index contributed by atoms with van der Waals surface area (Å²) in [5.41, 5.74) is 9.46. The van der Waals surface area contributed by atoms with Gasteiger partial charge in [0.15, 0.2) is 0 Å². The Hall–Kier alpha value is -1.86. The average Bonchev–Trinajstić information content (AvgIpc) is 2.52. The second-order valence-electron chi connectivity index (χ2n) is 5.95. The van der Waals surface area contributed by atoms with Crippen LogP contribution in [0.5, 0.6) is 0 Å². The zero-order valence-corrected chi connectivity index (χ0v) is 15.2. The highest BCUT2D eigenvalue weighted by molar-refractivity contribution is 7.51. The molecule has 0 radical (unpaired) electrons. The highest BCUT2D eigenvalue weighted by atomic mass is 31.2. The summed E-state index contributed by atoms with van der Waals surface area (Å²) in [5.74, 6) is -1.73. The SMILES string of the molecule is CCOC(=O)C(N)C(CP(=O)(O)O)c1cnc2cc(C)c(C)cc2n1. The first-order chi connectivity index (χ1) is 11.6. The smallest absolute Gasteiger partial charge is 0.326 e. The summed E-state index contributed by atoms with van der Waals surface area (Å²) >= 11 is 0. The fourth-order valence-corrected chi connectivity index (χ4v) is 3.44. The first-order valence-corrected chi connectivity index (χ1v) is 9.63. The van der Waals surface area contributed by atoms with E-state index in [-0.39, 0.29) is 12.3 Å². The third-order valence-electron chi connectivity index (χ3n) is 3.98. The molecular weight excluding hydrogens is 345 g/mol. The minimum Gasteiger partial charge on any atom is -0.465 e. The quantitative estimate of drug-likeness (QED) is 0.515. The highest BCUT2D eigenvalue weighted by Gasteiger charge is 2.34. The molecule has 1 aromatic carbocycles. The molecule has 1 heterocycles. The van der Waals surface area contributed by atoms with Crippen LogP contribution in [-0.2, 0) is 14.1 Å². The predicted molar refractivity (Wildman–Crippen MR) is 93.3 cm³/mol. The standard InChI is InChI=1S/C16H22N3O5P/c1-4-24-16(20)15(17)11(8-25(21,22)23)14-7-18-12-5-9(2)10(3)6-13(12)19-14/h5-7,11,15H,4,8,17H2,1-3H3,(H2,21,22,23). The largest absolute Gasteiger partial charge is 0.465 e. The van der Waals surface area contributed by atoms with Gasteiger partial charge in [-0.2, -0.15) is 0 Å². The number of hydrogen-bond acceptors (Lipinski definition) is 6. The molecule has 0 aliphatic carbocycles. The van der Waals surface area contributed by atoms with Gasteiger partial charge in [-0.05, 0) is 44.0 Å². The van der Waals surface area contributed by atoms with E-state index in [0.717, 1.165) is 11.1 Å². The summed E-state index contributed by atoms with van der Waals surface area (Å²) in [5, 5.41) is 0. The van der Waals surface area contributed by atoms with Crippen LogP contribution >= 0.6 is 7.60 Å². The summed E-state index contributed by atoms with van der Waals surface area (Å²) in [7, 11) is -4.43. The molecule has 0 saturated heterocycles. The lowest BCUT2D eigenvalue weighted by Gasteiger charge is -2.22. The van der Waals surface area contributed by atoms with Gasteiger partial charge in [-0.3, -0.25) is 14.3 Å². The Morgan fingerprint density at radius 3 is 2.44 bits per heavy atom. The van der Waals surface area contributed by atoms with Crippen LogP contribution in [0, 0.1) is 13.8 Å². The van der Waals surface area contributed by atoms with Crippen molar-refractivity contribution in [3.05, 3.63) is 35.2 Å². The molecule has 9 heteroatoms. The molecule has 4 N–H and O–H groups in total. The highest BCUT2D eigenvalue weighted by Crippen LogP contribution is 2.41. The van der Waals surface area contributed by atoms with E-state index in [2.05, 4.69) is 9.97 Å². The van der Waals surface area contributed by atoms with Crippen molar-refractivity contribution in [2.24, 2.45) is 5.73 Å². The molecular formula is C16H22N3O5P. The van der Waals surface area contributed by atoms with E-state index in [0.29, 0.717) is 11.0 Å². The van der Waals surface area contributed by atoms with Gasteiger partial charge in [0.1, 0.15) is 6.04 Å². The molecule has 2 rings (SSSR count). The number of aryl methyl sites for hydroxylation is 2. The number of rotatable bonds is 6. The fourth-order valence-electron chi connectivity index (χ4n) is 2.51. The van der Waals surface area contributed by atoms with E-state index in [1.165, 1.54) is 6.20 Å². The van der Waals surface area contributed by atoms with Crippen LogP contribution in [0.1, 0.15) is 29.7 Å². The van der Waals surface area contributed by atoms with Gasteiger partial charge in [-0.25, -0.2) is 4.98 Å². The van der Waals surface area contributed by atoms with Crippen molar-refractivity contribution < 1.29 is 23.9 Å². The summed E-state index contributed by atoms with van der Waals surface area (Å²) in [6, 6.07) is 2.47. The number of hydrogen-bond donors (Lipinski definition) is 3. The topological polar surface area (TPSA) is 136 Å². The number of benzene rings is 1. The van der Waals surface area contributed by atoms with Crippen molar-refractivity contribution in [1.82, 2.24) is 9.97 Å². The normalized spacial score (nSPS) is 14.3.